The first kappa shape index (κ1) is 21.7. The fraction of sp³-hybridized carbons (Fsp3) is 0.269. The first-order valence-electron chi connectivity index (χ1n) is 11.0. The number of guanidine groups is 1. The summed E-state index contributed by atoms with van der Waals surface area (Å²) in [7, 11) is 1.74. The van der Waals surface area contributed by atoms with Crippen LogP contribution in [0.4, 0.5) is 4.39 Å². The number of hydrogen-bond donors (Lipinski definition) is 1. The van der Waals surface area contributed by atoms with Gasteiger partial charge in [0.2, 0.25) is 11.7 Å². The van der Waals surface area contributed by atoms with E-state index in [2.05, 4.69) is 18.2 Å². The largest absolute Gasteiger partial charge is 0.488 e. The molecule has 5 nitrogen and oxygen atoms in total. The van der Waals surface area contributed by atoms with Gasteiger partial charge in [0.05, 0.1) is 5.56 Å². The van der Waals surface area contributed by atoms with Gasteiger partial charge in [-0.2, -0.15) is 0 Å². The predicted octanol–water partition coefficient (Wildman–Crippen LogP) is 5.80. The van der Waals surface area contributed by atoms with Crippen LogP contribution in [0.15, 0.2) is 65.7 Å². The summed E-state index contributed by atoms with van der Waals surface area (Å²) in [4.78, 5) is 11.0. The molecule has 0 amide bonds. The van der Waals surface area contributed by atoms with Crippen molar-refractivity contribution in [2.24, 2.45) is 10.7 Å². The number of aliphatic imine (C=N–C) groups is 1. The number of halogens is 2. The van der Waals surface area contributed by atoms with E-state index >= 15 is 0 Å². The zero-order chi connectivity index (χ0) is 23.0. The number of nitrogens with two attached hydrogens (primary N) is 1. The van der Waals surface area contributed by atoms with Crippen molar-refractivity contribution in [2.75, 3.05) is 7.05 Å². The van der Waals surface area contributed by atoms with E-state index in [-0.39, 0.29) is 0 Å². The number of aryl methyl sites for hydroxylation is 1. The van der Waals surface area contributed by atoms with Crippen molar-refractivity contribution in [2.45, 2.75) is 38.0 Å². The van der Waals surface area contributed by atoms with Crippen LogP contribution in [0.1, 0.15) is 36.0 Å². The predicted molar refractivity (Wildman–Crippen MR) is 127 cm³/mol. The van der Waals surface area contributed by atoms with Crippen molar-refractivity contribution in [1.82, 2.24) is 5.06 Å². The number of benzene rings is 3. The van der Waals surface area contributed by atoms with Gasteiger partial charge in [0.1, 0.15) is 18.2 Å². The lowest BCUT2D eigenvalue weighted by Crippen LogP contribution is -2.32. The number of hydroxylamine groups is 2. The molecule has 3 aromatic carbocycles. The van der Waals surface area contributed by atoms with E-state index in [0.717, 1.165) is 36.0 Å². The second-order valence-electron chi connectivity index (χ2n) is 8.48. The van der Waals surface area contributed by atoms with E-state index in [1.54, 1.807) is 13.1 Å². The molecule has 7 heteroatoms. The van der Waals surface area contributed by atoms with E-state index < -0.39 is 11.5 Å². The van der Waals surface area contributed by atoms with Gasteiger partial charge >= 0.3 is 0 Å². The molecule has 2 aliphatic rings. The van der Waals surface area contributed by atoms with Crippen molar-refractivity contribution in [1.29, 1.82) is 0 Å². The minimum atomic E-state index is -1.02. The SMILES string of the molecule is CN1OC2(CCCCc3ccccc3COc3ccc(-c4cc(F)cc(Cl)c4)cc32)N=C1N. The Labute approximate surface area is 197 Å². The lowest BCUT2D eigenvalue weighted by atomic mass is 9.92. The van der Waals surface area contributed by atoms with Gasteiger partial charge in [0, 0.05) is 18.5 Å². The molecular formula is C26H25ClFN3O2. The molecule has 0 aliphatic carbocycles. The summed E-state index contributed by atoms with van der Waals surface area (Å²) in [6.45, 7) is 0.430. The zero-order valence-corrected chi connectivity index (χ0v) is 19.1. The molecular weight excluding hydrogens is 441 g/mol. The number of rotatable bonds is 1. The van der Waals surface area contributed by atoms with Crippen LogP contribution in [0.25, 0.3) is 11.1 Å². The van der Waals surface area contributed by atoms with Gasteiger partial charge in [-0.05, 0) is 71.8 Å². The monoisotopic (exact) mass is 465 g/mol. The summed E-state index contributed by atoms with van der Waals surface area (Å²) in [6.07, 6.45) is 3.45. The van der Waals surface area contributed by atoms with E-state index in [0.29, 0.717) is 35.3 Å². The molecule has 5 rings (SSSR count). The average molecular weight is 466 g/mol. The normalized spacial score (nSPS) is 20.5. The van der Waals surface area contributed by atoms with Crippen molar-refractivity contribution in [3.63, 3.8) is 0 Å². The highest BCUT2D eigenvalue weighted by molar-refractivity contribution is 6.30. The Hall–Kier alpha value is -3.09. The van der Waals surface area contributed by atoms with Gasteiger partial charge in [-0.15, -0.1) is 0 Å². The minimum Gasteiger partial charge on any atom is -0.488 e. The van der Waals surface area contributed by atoms with Gasteiger partial charge in [-0.1, -0.05) is 41.9 Å². The van der Waals surface area contributed by atoms with Gasteiger partial charge in [-0.3, -0.25) is 0 Å². The smallest absolute Gasteiger partial charge is 0.218 e. The van der Waals surface area contributed by atoms with Crippen LogP contribution < -0.4 is 10.5 Å². The van der Waals surface area contributed by atoms with E-state index in [1.807, 2.05) is 24.3 Å². The first-order chi connectivity index (χ1) is 15.9. The fourth-order valence-corrected chi connectivity index (χ4v) is 4.76. The van der Waals surface area contributed by atoms with Crippen molar-refractivity contribution < 1.29 is 14.0 Å². The summed E-state index contributed by atoms with van der Waals surface area (Å²) in [6, 6.07) is 18.6. The van der Waals surface area contributed by atoms with E-state index in [9.17, 15) is 4.39 Å². The molecule has 170 valence electrons. The quantitative estimate of drug-likeness (QED) is 0.493. The maximum atomic E-state index is 14.1. The molecule has 33 heavy (non-hydrogen) atoms. The molecule has 1 atom stereocenters. The summed E-state index contributed by atoms with van der Waals surface area (Å²) >= 11 is 6.12. The highest BCUT2D eigenvalue weighted by atomic mass is 35.5. The summed E-state index contributed by atoms with van der Waals surface area (Å²) in [5.41, 5.74) is 9.78. The second kappa shape index (κ2) is 8.69. The maximum Gasteiger partial charge on any atom is 0.218 e. The Morgan fingerprint density at radius 3 is 2.61 bits per heavy atom. The molecule has 0 radical (unpaired) electrons. The molecule has 0 bridgehead atoms. The Balaban J connectivity index is 1.64. The Bertz CT molecular complexity index is 1210. The van der Waals surface area contributed by atoms with Gasteiger partial charge in [-0.25, -0.2) is 19.3 Å². The molecule has 2 N–H and O–H groups in total. The number of fused-ring (bicyclic) bond motifs is 3. The third kappa shape index (κ3) is 4.28. The molecule has 1 unspecified atom stereocenters. The molecule has 3 aromatic rings. The fourth-order valence-electron chi connectivity index (χ4n) is 4.53. The molecule has 0 aromatic heterocycles. The van der Waals surface area contributed by atoms with E-state index in [4.69, 9.17) is 31.9 Å². The number of hydrogen-bond acceptors (Lipinski definition) is 5. The van der Waals surface area contributed by atoms with Gasteiger partial charge in [0.15, 0.2) is 0 Å². The Kier molecular flexibility index (Phi) is 5.72. The summed E-state index contributed by atoms with van der Waals surface area (Å²) < 4.78 is 20.4. The first-order valence-corrected chi connectivity index (χ1v) is 11.4. The third-order valence-electron chi connectivity index (χ3n) is 6.22. The summed E-state index contributed by atoms with van der Waals surface area (Å²) in [5, 5.41) is 1.83. The zero-order valence-electron chi connectivity index (χ0n) is 18.4. The minimum absolute atomic E-state index is 0.304. The average Bonchev–Trinajstić information content (AvgIpc) is 3.08. The maximum absolute atomic E-state index is 14.1. The second-order valence-corrected chi connectivity index (χ2v) is 8.91. The molecule has 0 saturated carbocycles. The van der Waals surface area contributed by atoms with Crippen LogP contribution in [0.5, 0.6) is 5.75 Å². The van der Waals surface area contributed by atoms with Gasteiger partial charge < -0.3 is 10.5 Å². The van der Waals surface area contributed by atoms with Crippen LogP contribution in [0.3, 0.4) is 0 Å². The molecule has 2 aliphatic heterocycles. The third-order valence-corrected chi connectivity index (χ3v) is 6.43. The Morgan fingerprint density at radius 1 is 1.03 bits per heavy atom. The number of ether oxygens (including phenoxy) is 1. The molecule has 2 heterocycles. The van der Waals surface area contributed by atoms with Crippen molar-refractivity contribution >= 4 is 17.6 Å². The summed E-state index contributed by atoms with van der Waals surface area (Å²) in [5.74, 6) is 0.568. The highest BCUT2D eigenvalue weighted by Gasteiger charge is 2.43. The number of nitrogens with zero attached hydrogens (tertiary/aromatic N) is 2. The van der Waals surface area contributed by atoms with Crippen molar-refractivity contribution in [3.8, 4) is 16.9 Å². The van der Waals surface area contributed by atoms with Crippen LogP contribution in [-0.4, -0.2) is 18.1 Å². The molecule has 0 fully saturated rings. The lowest BCUT2D eigenvalue weighted by molar-refractivity contribution is -0.177. The van der Waals surface area contributed by atoms with Crippen LogP contribution in [-0.2, 0) is 23.6 Å². The van der Waals surface area contributed by atoms with Gasteiger partial charge in [0.25, 0.3) is 0 Å². The Morgan fingerprint density at radius 2 is 1.85 bits per heavy atom. The van der Waals surface area contributed by atoms with Crippen LogP contribution in [0.2, 0.25) is 5.02 Å². The topological polar surface area (TPSA) is 60.1 Å². The van der Waals surface area contributed by atoms with Crippen molar-refractivity contribution in [3.05, 3.63) is 88.2 Å². The standard InChI is InChI=1S/C26H25ClFN3O2/c1-31-25(29)30-26(33-31)11-5-4-7-17-6-2-3-8-19(17)16-32-24-10-9-18(14-23(24)26)20-12-21(27)15-22(28)13-20/h2-3,6,8-10,12-15H,4-5,7,11,16H2,1H3,(H2,29,30). The lowest BCUT2D eigenvalue weighted by Gasteiger charge is -2.28. The van der Waals surface area contributed by atoms with Crippen LogP contribution >= 0.6 is 11.6 Å². The van der Waals surface area contributed by atoms with E-state index in [1.165, 1.54) is 22.8 Å². The molecule has 0 saturated heterocycles. The van der Waals surface area contributed by atoms with Crippen LogP contribution in [0, 0.1) is 5.82 Å². The molecule has 1 spiro atoms. The highest BCUT2D eigenvalue weighted by Crippen LogP contribution is 2.44.